The molecule has 2 aromatic carbocycles. The van der Waals surface area contributed by atoms with Gasteiger partial charge in [-0.2, -0.15) is 0 Å². The number of aliphatic hydroxyl groups is 1. The fourth-order valence-electron chi connectivity index (χ4n) is 3.42. The van der Waals surface area contributed by atoms with Crippen LogP contribution in [-0.4, -0.2) is 60.4 Å². The van der Waals surface area contributed by atoms with Gasteiger partial charge in [0.15, 0.2) is 11.5 Å². The maximum atomic E-state index is 10.5. The van der Waals surface area contributed by atoms with E-state index in [0.717, 1.165) is 30.2 Å². The summed E-state index contributed by atoms with van der Waals surface area (Å²) in [6.07, 6.45) is 1.23. The van der Waals surface area contributed by atoms with Crippen molar-refractivity contribution < 1.29 is 14.6 Å². The number of hydrogen-bond acceptors (Lipinski definition) is 7. The normalized spacial score (nSPS) is 12.3. The number of benzene rings is 2. The third kappa shape index (κ3) is 7.63. The van der Waals surface area contributed by atoms with Gasteiger partial charge in [0.1, 0.15) is 17.7 Å². The Morgan fingerprint density at radius 1 is 0.968 bits per heavy atom. The van der Waals surface area contributed by atoms with E-state index < -0.39 is 6.10 Å². The quantitative estimate of drug-likeness (QED) is 0.463. The Morgan fingerprint density at radius 3 is 2.45 bits per heavy atom. The molecule has 0 saturated heterocycles. The third-order valence-electron chi connectivity index (χ3n) is 4.82. The standard InChI is InChI=1S/C24H31N3O3S/c1-26(14-19-7-5-4-6-8-19)16-21(28)18-30-23-13-20(9-10-22(23)29-3)15-27(2)17-24-25-11-12-31-24/h4-13,21,28H,14-18H2,1-3H3. The van der Waals surface area contributed by atoms with E-state index in [1.54, 1.807) is 18.4 Å². The first-order chi connectivity index (χ1) is 15.0. The van der Waals surface area contributed by atoms with Crippen molar-refractivity contribution in [2.45, 2.75) is 25.7 Å². The molecule has 6 nitrogen and oxygen atoms in total. The monoisotopic (exact) mass is 441 g/mol. The summed E-state index contributed by atoms with van der Waals surface area (Å²) < 4.78 is 11.4. The molecule has 0 saturated carbocycles. The molecule has 0 radical (unpaired) electrons. The smallest absolute Gasteiger partial charge is 0.161 e. The fraction of sp³-hybridized carbons (Fsp3) is 0.375. The van der Waals surface area contributed by atoms with Crippen molar-refractivity contribution in [2.75, 3.05) is 34.4 Å². The summed E-state index contributed by atoms with van der Waals surface area (Å²) in [5.41, 5.74) is 2.33. The molecule has 1 unspecified atom stereocenters. The summed E-state index contributed by atoms with van der Waals surface area (Å²) in [5.74, 6) is 1.31. The van der Waals surface area contributed by atoms with Crippen LogP contribution in [0.25, 0.3) is 0 Å². The first-order valence-corrected chi connectivity index (χ1v) is 11.2. The van der Waals surface area contributed by atoms with Crippen molar-refractivity contribution in [1.82, 2.24) is 14.8 Å². The molecule has 166 valence electrons. The summed E-state index contributed by atoms with van der Waals surface area (Å²) >= 11 is 1.66. The topological polar surface area (TPSA) is 58.1 Å². The largest absolute Gasteiger partial charge is 0.493 e. The van der Waals surface area contributed by atoms with E-state index in [2.05, 4.69) is 34.0 Å². The Balaban J connectivity index is 1.52. The van der Waals surface area contributed by atoms with Crippen LogP contribution in [0, 0.1) is 0 Å². The highest BCUT2D eigenvalue weighted by Crippen LogP contribution is 2.29. The Bertz CT molecular complexity index is 906. The van der Waals surface area contributed by atoms with Crippen molar-refractivity contribution in [1.29, 1.82) is 0 Å². The van der Waals surface area contributed by atoms with E-state index in [4.69, 9.17) is 9.47 Å². The van der Waals surface area contributed by atoms with Gasteiger partial charge < -0.3 is 14.6 Å². The molecular formula is C24H31N3O3S. The van der Waals surface area contributed by atoms with Gasteiger partial charge in [-0.3, -0.25) is 9.80 Å². The van der Waals surface area contributed by atoms with Crippen molar-refractivity contribution in [3.8, 4) is 11.5 Å². The number of ether oxygens (including phenoxy) is 2. The van der Waals surface area contributed by atoms with Crippen LogP contribution in [0.4, 0.5) is 0 Å². The van der Waals surface area contributed by atoms with E-state index in [0.29, 0.717) is 18.0 Å². The number of likely N-dealkylation sites (N-methyl/N-ethyl adjacent to an activating group) is 1. The van der Waals surface area contributed by atoms with Gasteiger partial charge in [-0.25, -0.2) is 4.98 Å². The highest BCUT2D eigenvalue weighted by Gasteiger charge is 2.13. The molecule has 0 amide bonds. The molecule has 0 fully saturated rings. The molecule has 1 aromatic heterocycles. The van der Waals surface area contributed by atoms with Gasteiger partial charge in [0.25, 0.3) is 0 Å². The van der Waals surface area contributed by atoms with Gasteiger partial charge in [0.2, 0.25) is 0 Å². The lowest BCUT2D eigenvalue weighted by Crippen LogP contribution is -2.32. The fourth-order valence-corrected chi connectivity index (χ4v) is 4.12. The zero-order chi connectivity index (χ0) is 22.1. The zero-order valence-electron chi connectivity index (χ0n) is 18.4. The maximum Gasteiger partial charge on any atom is 0.161 e. The summed E-state index contributed by atoms with van der Waals surface area (Å²) in [5, 5.41) is 13.5. The second-order valence-corrected chi connectivity index (χ2v) is 8.71. The molecule has 0 spiro atoms. The van der Waals surface area contributed by atoms with Crippen LogP contribution in [-0.2, 0) is 19.6 Å². The molecule has 7 heteroatoms. The van der Waals surface area contributed by atoms with Crippen LogP contribution in [0.15, 0.2) is 60.1 Å². The van der Waals surface area contributed by atoms with Gasteiger partial charge in [0.05, 0.1) is 13.7 Å². The number of thiazole rings is 1. The van der Waals surface area contributed by atoms with Crippen LogP contribution in [0.3, 0.4) is 0 Å². The lowest BCUT2D eigenvalue weighted by atomic mass is 10.2. The molecule has 31 heavy (non-hydrogen) atoms. The van der Waals surface area contributed by atoms with E-state index >= 15 is 0 Å². The van der Waals surface area contributed by atoms with Crippen molar-refractivity contribution >= 4 is 11.3 Å². The summed E-state index contributed by atoms with van der Waals surface area (Å²) in [6, 6.07) is 16.2. The second-order valence-electron chi connectivity index (χ2n) is 7.73. The average molecular weight is 442 g/mol. The predicted molar refractivity (Wildman–Crippen MR) is 125 cm³/mol. The Labute approximate surface area is 188 Å². The Kier molecular flexibility index (Phi) is 8.85. The van der Waals surface area contributed by atoms with Crippen molar-refractivity contribution in [2.24, 2.45) is 0 Å². The highest BCUT2D eigenvalue weighted by molar-refractivity contribution is 7.09. The molecule has 1 heterocycles. The van der Waals surface area contributed by atoms with Gasteiger partial charge >= 0.3 is 0 Å². The van der Waals surface area contributed by atoms with E-state index in [-0.39, 0.29) is 6.61 Å². The van der Waals surface area contributed by atoms with Crippen LogP contribution >= 0.6 is 11.3 Å². The minimum Gasteiger partial charge on any atom is -0.493 e. The predicted octanol–water partition coefficient (Wildman–Crippen LogP) is 3.66. The highest BCUT2D eigenvalue weighted by atomic mass is 32.1. The molecule has 3 rings (SSSR count). The minimum absolute atomic E-state index is 0.202. The second kappa shape index (κ2) is 11.8. The van der Waals surface area contributed by atoms with E-state index in [1.807, 2.05) is 55.0 Å². The Morgan fingerprint density at radius 2 is 1.74 bits per heavy atom. The molecule has 1 N–H and O–H groups in total. The van der Waals surface area contributed by atoms with Gasteiger partial charge in [0, 0.05) is 31.2 Å². The molecule has 0 aliphatic carbocycles. The molecule has 0 aliphatic rings. The van der Waals surface area contributed by atoms with Gasteiger partial charge in [-0.05, 0) is 37.4 Å². The summed E-state index contributed by atoms with van der Waals surface area (Å²) in [6.45, 7) is 3.07. The number of aliphatic hydroxyl groups excluding tert-OH is 1. The van der Waals surface area contributed by atoms with Crippen molar-refractivity contribution in [3.05, 3.63) is 76.2 Å². The molecular weight excluding hydrogens is 410 g/mol. The average Bonchev–Trinajstić information content (AvgIpc) is 3.26. The van der Waals surface area contributed by atoms with Crippen LogP contribution in [0.1, 0.15) is 16.1 Å². The minimum atomic E-state index is -0.602. The number of methoxy groups -OCH3 is 1. The molecule has 3 aromatic rings. The Hall–Kier alpha value is -2.45. The first-order valence-electron chi connectivity index (χ1n) is 10.3. The van der Waals surface area contributed by atoms with Crippen LogP contribution in [0.5, 0.6) is 11.5 Å². The molecule has 0 bridgehead atoms. The zero-order valence-corrected chi connectivity index (χ0v) is 19.2. The number of rotatable bonds is 12. The molecule has 1 atom stereocenters. The first kappa shape index (κ1) is 23.2. The summed E-state index contributed by atoms with van der Waals surface area (Å²) in [4.78, 5) is 8.64. The number of hydrogen-bond donors (Lipinski definition) is 1. The lowest BCUT2D eigenvalue weighted by molar-refractivity contribution is 0.0732. The van der Waals surface area contributed by atoms with E-state index in [1.165, 1.54) is 5.56 Å². The van der Waals surface area contributed by atoms with Gasteiger partial charge in [-0.15, -0.1) is 11.3 Å². The van der Waals surface area contributed by atoms with Crippen LogP contribution < -0.4 is 9.47 Å². The number of aromatic nitrogens is 1. The maximum absolute atomic E-state index is 10.5. The SMILES string of the molecule is COc1ccc(CN(C)Cc2nccs2)cc1OCC(O)CN(C)Cc1ccccc1. The number of nitrogens with zero attached hydrogens (tertiary/aromatic N) is 3. The van der Waals surface area contributed by atoms with E-state index in [9.17, 15) is 5.11 Å². The molecule has 0 aliphatic heterocycles. The van der Waals surface area contributed by atoms with Crippen LogP contribution in [0.2, 0.25) is 0 Å². The van der Waals surface area contributed by atoms with Crippen molar-refractivity contribution in [3.63, 3.8) is 0 Å². The van der Waals surface area contributed by atoms with Gasteiger partial charge in [-0.1, -0.05) is 36.4 Å². The summed E-state index contributed by atoms with van der Waals surface area (Å²) in [7, 11) is 5.69. The lowest BCUT2D eigenvalue weighted by Gasteiger charge is -2.22. The third-order valence-corrected chi connectivity index (χ3v) is 5.58.